The van der Waals surface area contributed by atoms with Crippen LogP contribution >= 0.6 is 0 Å². The first kappa shape index (κ1) is 24.4. The predicted octanol–water partition coefficient (Wildman–Crippen LogP) is 4.26. The highest BCUT2D eigenvalue weighted by Gasteiger charge is 2.33. The number of methoxy groups -OCH3 is 2. The number of amides is 1. The zero-order valence-electron chi connectivity index (χ0n) is 20.4. The first-order valence-electron chi connectivity index (χ1n) is 11.9. The monoisotopic (exact) mass is 480 g/mol. The number of aromatic hydroxyl groups is 2. The maximum atomic E-state index is 13.5. The lowest BCUT2D eigenvalue weighted by atomic mass is 9.92. The molecule has 3 aromatic rings. The smallest absolute Gasteiger partial charge is 0.263 e. The van der Waals surface area contributed by atoms with Crippen molar-refractivity contribution in [2.45, 2.75) is 44.9 Å². The lowest BCUT2D eigenvalue weighted by Gasteiger charge is -2.31. The van der Waals surface area contributed by atoms with Crippen LogP contribution in [0.5, 0.6) is 23.1 Å². The maximum absolute atomic E-state index is 13.5. The van der Waals surface area contributed by atoms with Gasteiger partial charge in [0, 0.05) is 25.2 Å². The maximum Gasteiger partial charge on any atom is 0.263 e. The van der Waals surface area contributed by atoms with Crippen LogP contribution < -0.4 is 9.47 Å². The van der Waals surface area contributed by atoms with Crippen LogP contribution in [0, 0.1) is 0 Å². The minimum Gasteiger partial charge on any atom is -0.506 e. The van der Waals surface area contributed by atoms with Gasteiger partial charge in [0.15, 0.2) is 0 Å². The van der Waals surface area contributed by atoms with E-state index in [1.165, 1.54) is 14.2 Å². The summed E-state index contributed by atoms with van der Waals surface area (Å²) in [6.45, 7) is 3.02. The van der Waals surface area contributed by atoms with Crippen molar-refractivity contribution >= 4 is 5.91 Å². The highest BCUT2D eigenvalue weighted by atomic mass is 16.5. The number of hydrogen-bond acceptors (Lipinski definition) is 7. The summed E-state index contributed by atoms with van der Waals surface area (Å²) in [5.74, 6) is -0.0248. The highest BCUT2D eigenvalue weighted by molar-refractivity contribution is 6.02. The molecule has 0 aliphatic carbocycles. The Balaban J connectivity index is 1.75. The van der Waals surface area contributed by atoms with E-state index in [0.717, 1.165) is 31.4 Å². The predicted molar refractivity (Wildman–Crippen MR) is 131 cm³/mol. The second-order valence-corrected chi connectivity index (χ2v) is 8.68. The Morgan fingerprint density at radius 3 is 2.40 bits per heavy atom. The van der Waals surface area contributed by atoms with E-state index in [9.17, 15) is 15.0 Å². The number of aryl methyl sites for hydroxylation is 1. The SMILES string of the molecule is CCCCc1nc(O)c(C(=O)N2CCC(c3c[nH]cn3)CC2)c(O)c1-c1c(OC)cccc1OC. The number of ether oxygens (including phenoxy) is 2. The van der Waals surface area contributed by atoms with Crippen molar-refractivity contribution < 1.29 is 24.5 Å². The number of benzene rings is 1. The fourth-order valence-corrected chi connectivity index (χ4v) is 4.72. The molecular weight excluding hydrogens is 448 g/mol. The van der Waals surface area contributed by atoms with Gasteiger partial charge in [0.25, 0.3) is 5.91 Å². The van der Waals surface area contributed by atoms with Crippen LogP contribution in [-0.4, -0.2) is 63.3 Å². The molecule has 1 aromatic carbocycles. The summed E-state index contributed by atoms with van der Waals surface area (Å²) in [7, 11) is 3.06. The average molecular weight is 481 g/mol. The molecule has 35 heavy (non-hydrogen) atoms. The van der Waals surface area contributed by atoms with E-state index in [1.807, 2.05) is 13.1 Å². The van der Waals surface area contributed by atoms with Crippen molar-refractivity contribution in [3.63, 3.8) is 0 Å². The van der Waals surface area contributed by atoms with Crippen LogP contribution in [0.3, 0.4) is 0 Å². The number of pyridine rings is 1. The molecule has 1 amide bonds. The summed E-state index contributed by atoms with van der Waals surface area (Å²) in [5, 5.41) is 22.3. The second-order valence-electron chi connectivity index (χ2n) is 8.68. The molecule has 1 aliphatic rings. The Kier molecular flexibility index (Phi) is 7.43. The molecule has 0 saturated carbocycles. The number of nitrogens with zero attached hydrogens (tertiary/aromatic N) is 3. The van der Waals surface area contributed by atoms with E-state index >= 15 is 0 Å². The Morgan fingerprint density at radius 2 is 1.83 bits per heavy atom. The second kappa shape index (κ2) is 10.7. The molecule has 3 N–H and O–H groups in total. The quantitative estimate of drug-likeness (QED) is 0.440. The number of aromatic nitrogens is 3. The van der Waals surface area contributed by atoms with Gasteiger partial charge < -0.3 is 29.6 Å². The molecule has 3 heterocycles. The first-order valence-corrected chi connectivity index (χ1v) is 11.9. The minimum absolute atomic E-state index is 0.202. The molecule has 1 saturated heterocycles. The van der Waals surface area contributed by atoms with Crippen LogP contribution in [0.2, 0.25) is 0 Å². The van der Waals surface area contributed by atoms with Crippen LogP contribution in [-0.2, 0) is 6.42 Å². The van der Waals surface area contributed by atoms with Crippen molar-refractivity contribution in [3.05, 3.63) is 47.7 Å². The highest BCUT2D eigenvalue weighted by Crippen LogP contribution is 2.47. The minimum atomic E-state index is -0.467. The Hall–Kier alpha value is -3.75. The molecule has 0 unspecified atom stereocenters. The number of imidazole rings is 1. The fourth-order valence-electron chi connectivity index (χ4n) is 4.72. The zero-order valence-corrected chi connectivity index (χ0v) is 20.4. The largest absolute Gasteiger partial charge is 0.506 e. The summed E-state index contributed by atoms with van der Waals surface area (Å²) >= 11 is 0. The van der Waals surface area contributed by atoms with Gasteiger partial charge in [-0.05, 0) is 37.8 Å². The van der Waals surface area contributed by atoms with Gasteiger partial charge in [-0.15, -0.1) is 0 Å². The van der Waals surface area contributed by atoms with Crippen molar-refractivity contribution in [2.24, 2.45) is 0 Å². The third-order valence-corrected chi connectivity index (χ3v) is 6.61. The lowest BCUT2D eigenvalue weighted by molar-refractivity contribution is 0.0705. The molecule has 186 valence electrons. The molecule has 2 aromatic heterocycles. The van der Waals surface area contributed by atoms with Gasteiger partial charge in [0.2, 0.25) is 5.88 Å². The average Bonchev–Trinajstić information content (AvgIpc) is 3.42. The summed E-state index contributed by atoms with van der Waals surface area (Å²) in [4.78, 5) is 26.9. The van der Waals surface area contributed by atoms with Gasteiger partial charge in [0.1, 0.15) is 22.8 Å². The van der Waals surface area contributed by atoms with Crippen molar-refractivity contribution in [1.29, 1.82) is 0 Å². The normalized spacial score (nSPS) is 14.2. The van der Waals surface area contributed by atoms with E-state index in [-0.39, 0.29) is 17.2 Å². The number of carbonyl (C=O) groups is 1. The standard InChI is InChI=1S/C26H32N4O5/c1-4-5-7-17-21(22-19(34-2)8-6-9-20(22)35-3)24(31)23(25(32)29-17)26(33)30-12-10-16(11-13-30)18-14-27-15-28-18/h6,8-9,14-16H,4-5,7,10-13H2,1-3H3,(H,27,28)(H2,29,31,32). The summed E-state index contributed by atoms with van der Waals surface area (Å²) in [6.07, 6.45) is 7.23. The van der Waals surface area contributed by atoms with Crippen LogP contribution in [0.25, 0.3) is 11.1 Å². The Bertz CT molecular complexity index is 1150. The lowest BCUT2D eigenvalue weighted by Crippen LogP contribution is -2.38. The van der Waals surface area contributed by atoms with Crippen LogP contribution in [0.15, 0.2) is 30.7 Å². The van der Waals surface area contributed by atoms with Gasteiger partial charge in [-0.25, -0.2) is 9.97 Å². The molecule has 0 bridgehead atoms. The topological polar surface area (TPSA) is 121 Å². The summed E-state index contributed by atoms with van der Waals surface area (Å²) in [5.41, 5.74) is 2.11. The molecular formula is C26H32N4O5. The zero-order chi connectivity index (χ0) is 24.9. The molecule has 1 aliphatic heterocycles. The Labute approximate surface area is 204 Å². The molecule has 9 nitrogen and oxygen atoms in total. The van der Waals surface area contributed by atoms with E-state index in [0.29, 0.717) is 47.8 Å². The third kappa shape index (κ3) is 4.76. The molecule has 9 heteroatoms. The molecule has 1 fully saturated rings. The van der Waals surface area contributed by atoms with Crippen molar-refractivity contribution in [3.8, 4) is 34.3 Å². The Morgan fingerprint density at radius 1 is 1.14 bits per heavy atom. The van der Waals surface area contributed by atoms with E-state index < -0.39 is 11.8 Å². The number of aromatic amines is 1. The molecule has 4 rings (SSSR count). The number of hydrogen-bond donors (Lipinski definition) is 3. The van der Waals surface area contributed by atoms with E-state index in [2.05, 4.69) is 15.0 Å². The van der Waals surface area contributed by atoms with E-state index in [1.54, 1.807) is 29.4 Å². The van der Waals surface area contributed by atoms with E-state index in [4.69, 9.17) is 9.47 Å². The molecule has 0 spiro atoms. The van der Waals surface area contributed by atoms with Crippen molar-refractivity contribution in [2.75, 3.05) is 27.3 Å². The molecule has 0 atom stereocenters. The van der Waals surface area contributed by atoms with Crippen LogP contribution in [0.1, 0.15) is 60.3 Å². The number of carbonyl (C=O) groups excluding carboxylic acids is 1. The van der Waals surface area contributed by atoms with Gasteiger partial charge in [-0.2, -0.15) is 0 Å². The van der Waals surface area contributed by atoms with Crippen LogP contribution in [0.4, 0.5) is 0 Å². The number of piperidine rings is 1. The third-order valence-electron chi connectivity index (χ3n) is 6.61. The first-order chi connectivity index (χ1) is 17.0. The summed E-state index contributed by atoms with van der Waals surface area (Å²) in [6, 6.07) is 5.30. The number of H-pyrrole nitrogens is 1. The number of likely N-dealkylation sites (tertiary alicyclic amines) is 1. The molecule has 0 radical (unpaired) electrons. The fraction of sp³-hybridized carbons (Fsp3) is 0.423. The van der Waals surface area contributed by atoms with Crippen molar-refractivity contribution in [1.82, 2.24) is 19.9 Å². The van der Waals surface area contributed by atoms with Gasteiger partial charge in [0.05, 0.1) is 43.1 Å². The van der Waals surface area contributed by atoms with Gasteiger partial charge in [-0.1, -0.05) is 19.4 Å². The van der Waals surface area contributed by atoms with Gasteiger partial charge in [-0.3, -0.25) is 4.79 Å². The van der Waals surface area contributed by atoms with Gasteiger partial charge >= 0.3 is 0 Å². The number of rotatable bonds is 8. The summed E-state index contributed by atoms with van der Waals surface area (Å²) < 4.78 is 11.1. The number of nitrogens with one attached hydrogen (secondary N) is 1. The number of unbranched alkanes of at least 4 members (excludes halogenated alkanes) is 1.